The molecule has 4 N–H and O–H groups in total. The molecular formula is C36H66N4. The summed E-state index contributed by atoms with van der Waals surface area (Å²) in [6, 6.07) is 1.50. The third kappa shape index (κ3) is 7.48. The summed E-state index contributed by atoms with van der Waals surface area (Å²) < 4.78 is 0. The lowest BCUT2D eigenvalue weighted by Crippen LogP contribution is -2.67. The monoisotopic (exact) mass is 555 g/mol. The van der Waals surface area contributed by atoms with Crippen molar-refractivity contribution in [3.63, 3.8) is 0 Å². The van der Waals surface area contributed by atoms with Gasteiger partial charge in [0, 0.05) is 34.2 Å². The summed E-state index contributed by atoms with van der Waals surface area (Å²) >= 11 is 0. The van der Waals surface area contributed by atoms with Crippen LogP contribution in [0.5, 0.6) is 0 Å². The molecule has 6 fully saturated rings. The zero-order valence-electron chi connectivity index (χ0n) is 26.4. The van der Waals surface area contributed by atoms with E-state index in [1.54, 1.807) is 0 Å². The van der Waals surface area contributed by atoms with Crippen LogP contribution >= 0.6 is 0 Å². The van der Waals surface area contributed by atoms with Gasteiger partial charge in [0.1, 0.15) is 0 Å². The van der Waals surface area contributed by atoms with Crippen LogP contribution in [0.4, 0.5) is 0 Å². The first-order chi connectivity index (χ1) is 19.6. The van der Waals surface area contributed by atoms with Gasteiger partial charge >= 0.3 is 0 Å². The summed E-state index contributed by atoms with van der Waals surface area (Å²) in [5.41, 5.74) is 1.83. The Morgan fingerprint density at radius 2 is 0.650 bits per heavy atom. The molecule has 4 spiro atoms. The number of rotatable bonds is 9. The van der Waals surface area contributed by atoms with Crippen LogP contribution in [0.15, 0.2) is 0 Å². The zero-order chi connectivity index (χ0) is 27.2. The Morgan fingerprint density at radius 3 is 0.925 bits per heavy atom. The van der Waals surface area contributed by atoms with E-state index in [0.717, 1.165) is 12.1 Å². The van der Waals surface area contributed by atoms with Crippen molar-refractivity contribution in [3.8, 4) is 0 Å². The van der Waals surface area contributed by atoms with E-state index in [1.165, 1.54) is 193 Å². The molecule has 0 aromatic heterocycles. The number of unbranched alkanes of at least 4 members (excludes halogenated alkanes) is 3. The van der Waals surface area contributed by atoms with E-state index in [1.807, 2.05) is 0 Å². The molecule has 6 rings (SSSR count). The van der Waals surface area contributed by atoms with Gasteiger partial charge in [-0.05, 0) is 103 Å². The first kappa shape index (κ1) is 29.9. The second kappa shape index (κ2) is 13.6. The van der Waals surface area contributed by atoms with Gasteiger partial charge in [0.2, 0.25) is 0 Å². The number of piperidine rings is 2. The van der Waals surface area contributed by atoms with Crippen LogP contribution in [0, 0.1) is 0 Å². The minimum Gasteiger partial charge on any atom is -0.314 e. The molecule has 230 valence electrons. The minimum atomic E-state index is 0.457. The second-order valence-corrected chi connectivity index (χ2v) is 16.1. The Bertz CT molecular complexity index is 639. The Balaban J connectivity index is 0.904. The van der Waals surface area contributed by atoms with E-state index in [0.29, 0.717) is 22.2 Å². The summed E-state index contributed by atoms with van der Waals surface area (Å²) in [6.07, 6.45) is 39.9. The SMILES string of the molecule is C(CCCNC1CC2(CCCCC2)NC2(CCCCC2)C1)CCNC1CC2(CCCCC2)NC2(CCCCC2)C1. The molecule has 6 aliphatic rings. The van der Waals surface area contributed by atoms with Gasteiger partial charge in [0.15, 0.2) is 0 Å². The fourth-order valence-corrected chi connectivity index (χ4v) is 11.1. The van der Waals surface area contributed by atoms with Gasteiger partial charge in [-0.25, -0.2) is 0 Å². The molecule has 2 heterocycles. The van der Waals surface area contributed by atoms with E-state index in [2.05, 4.69) is 21.3 Å². The third-order valence-electron chi connectivity index (χ3n) is 12.8. The lowest BCUT2D eigenvalue weighted by Gasteiger charge is -2.55. The van der Waals surface area contributed by atoms with Gasteiger partial charge in [-0.1, -0.05) is 89.9 Å². The standard InChI is InChI=1S/C36H66N4/c1(15-25-37-31-27-33(17-7-3-8-18-33)39-34(28-31)19-9-4-10-20-34)2-16-26-38-32-29-35(21-11-5-12-22-35)40-36(30-32)23-13-6-14-24-36/h31-32,37-40H,1-30H2. The van der Waals surface area contributed by atoms with Gasteiger partial charge < -0.3 is 21.3 Å². The fraction of sp³-hybridized carbons (Fsp3) is 1.00. The normalized spacial score (nSPS) is 33.0. The predicted molar refractivity (Wildman–Crippen MR) is 170 cm³/mol. The van der Waals surface area contributed by atoms with Crippen LogP contribution in [-0.2, 0) is 0 Å². The average molecular weight is 555 g/mol. The van der Waals surface area contributed by atoms with Crippen molar-refractivity contribution in [1.82, 2.24) is 21.3 Å². The molecule has 4 nitrogen and oxygen atoms in total. The van der Waals surface area contributed by atoms with Crippen molar-refractivity contribution < 1.29 is 0 Å². The van der Waals surface area contributed by atoms with E-state index < -0.39 is 0 Å². The third-order valence-corrected chi connectivity index (χ3v) is 12.8. The summed E-state index contributed by atoms with van der Waals surface area (Å²) in [4.78, 5) is 0. The molecule has 0 amide bonds. The average Bonchev–Trinajstić information content (AvgIpc) is 2.95. The quantitative estimate of drug-likeness (QED) is 0.218. The largest absolute Gasteiger partial charge is 0.314 e. The Hall–Kier alpha value is -0.160. The number of hydrogen-bond acceptors (Lipinski definition) is 4. The zero-order valence-corrected chi connectivity index (χ0v) is 26.4. The summed E-state index contributed by atoms with van der Waals surface area (Å²) in [6.45, 7) is 2.48. The second-order valence-electron chi connectivity index (χ2n) is 16.1. The Labute approximate surface area is 248 Å². The first-order valence-corrected chi connectivity index (χ1v) is 18.7. The van der Waals surface area contributed by atoms with Crippen LogP contribution in [0.25, 0.3) is 0 Å². The highest BCUT2D eigenvalue weighted by Crippen LogP contribution is 2.45. The van der Waals surface area contributed by atoms with Gasteiger partial charge in [-0.15, -0.1) is 0 Å². The topological polar surface area (TPSA) is 48.1 Å². The van der Waals surface area contributed by atoms with Crippen molar-refractivity contribution in [2.75, 3.05) is 13.1 Å². The van der Waals surface area contributed by atoms with Crippen molar-refractivity contribution in [2.45, 2.75) is 214 Å². The lowest BCUT2D eigenvalue weighted by atomic mass is 9.66. The maximum Gasteiger partial charge on any atom is 0.0201 e. The fourth-order valence-electron chi connectivity index (χ4n) is 11.1. The van der Waals surface area contributed by atoms with Gasteiger partial charge in [-0.3, -0.25) is 0 Å². The Kier molecular flexibility index (Phi) is 10.2. The van der Waals surface area contributed by atoms with Crippen LogP contribution < -0.4 is 21.3 Å². The molecule has 4 aliphatic carbocycles. The van der Waals surface area contributed by atoms with Crippen LogP contribution in [0.2, 0.25) is 0 Å². The summed E-state index contributed by atoms with van der Waals surface area (Å²) in [7, 11) is 0. The van der Waals surface area contributed by atoms with Crippen molar-refractivity contribution in [2.24, 2.45) is 0 Å². The van der Waals surface area contributed by atoms with E-state index >= 15 is 0 Å². The highest BCUT2D eigenvalue weighted by atomic mass is 15.1. The molecule has 0 atom stereocenters. The molecule has 0 aromatic rings. The summed E-state index contributed by atoms with van der Waals surface area (Å²) in [5, 5.41) is 16.9. The smallest absolute Gasteiger partial charge is 0.0201 e. The van der Waals surface area contributed by atoms with E-state index in [9.17, 15) is 0 Å². The lowest BCUT2D eigenvalue weighted by molar-refractivity contribution is 0.0457. The Morgan fingerprint density at radius 1 is 0.375 bits per heavy atom. The van der Waals surface area contributed by atoms with Crippen molar-refractivity contribution in [1.29, 1.82) is 0 Å². The molecule has 0 radical (unpaired) electrons. The maximum atomic E-state index is 4.35. The molecule has 0 bridgehead atoms. The van der Waals surface area contributed by atoms with E-state index in [-0.39, 0.29) is 0 Å². The van der Waals surface area contributed by atoms with Crippen LogP contribution in [0.1, 0.15) is 180 Å². The molecule has 2 aliphatic heterocycles. The molecule has 0 aromatic carbocycles. The van der Waals surface area contributed by atoms with Gasteiger partial charge in [-0.2, -0.15) is 0 Å². The number of nitrogens with one attached hydrogen (secondary N) is 4. The maximum absolute atomic E-state index is 4.35. The van der Waals surface area contributed by atoms with Crippen molar-refractivity contribution >= 4 is 0 Å². The minimum absolute atomic E-state index is 0.457. The van der Waals surface area contributed by atoms with E-state index in [4.69, 9.17) is 0 Å². The highest BCUT2D eigenvalue weighted by molar-refractivity contribution is 5.10. The molecule has 2 saturated heterocycles. The van der Waals surface area contributed by atoms with Crippen LogP contribution in [0.3, 0.4) is 0 Å². The van der Waals surface area contributed by atoms with Crippen molar-refractivity contribution in [3.05, 3.63) is 0 Å². The van der Waals surface area contributed by atoms with Crippen LogP contribution in [-0.4, -0.2) is 47.3 Å². The molecule has 4 heteroatoms. The molecule has 0 unspecified atom stereocenters. The predicted octanol–water partition coefficient (Wildman–Crippen LogP) is 8.04. The molecular weight excluding hydrogens is 488 g/mol. The van der Waals surface area contributed by atoms with Gasteiger partial charge in [0.25, 0.3) is 0 Å². The molecule has 4 saturated carbocycles. The van der Waals surface area contributed by atoms with Gasteiger partial charge in [0.05, 0.1) is 0 Å². The number of hydrogen-bond donors (Lipinski definition) is 4. The first-order valence-electron chi connectivity index (χ1n) is 18.7. The molecule has 40 heavy (non-hydrogen) atoms. The highest BCUT2D eigenvalue weighted by Gasteiger charge is 2.49. The summed E-state index contributed by atoms with van der Waals surface area (Å²) in [5.74, 6) is 0.